The second-order valence-electron chi connectivity index (χ2n) is 6.31. The number of morpholine rings is 1. The summed E-state index contributed by atoms with van der Waals surface area (Å²) in [6.45, 7) is 7.47. The summed E-state index contributed by atoms with van der Waals surface area (Å²) in [7, 11) is 5.02. The van der Waals surface area contributed by atoms with Gasteiger partial charge in [-0.05, 0) is 31.5 Å². The van der Waals surface area contributed by atoms with Crippen LogP contribution in [-0.2, 0) is 16.0 Å². The van der Waals surface area contributed by atoms with Crippen molar-refractivity contribution in [3.63, 3.8) is 0 Å². The number of benzene rings is 1. The molecule has 0 amide bonds. The van der Waals surface area contributed by atoms with E-state index in [1.807, 2.05) is 12.1 Å². The lowest BCUT2D eigenvalue weighted by Gasteiger charge is -2.42. The van der Waals surface area contributed by atoms with Crippen LogP contribution in [0, 0.1) is 0 Å². The first-order chi connectivity index (χ1) is 10.5. The number of hydrogen-bond donors (Lipinski definition) is 0. The van der Waals surface area contributed by atoms with Crippen LogP contribution in [0.1, 0.15) is 19.4 Å². The molecular formula is C17H27NO4. The van der Waals surface area contributed by atoms with Crippen molar-refractivity contribution in [2.75, 3.05) is 41.0 Å². The van der Waals surface area contributed by atoms with E-state index >= 15 is 0 Å². The molecule has 0 unspecified atom stereocenters. The molecule has 0 radical (unpaired) electrons. The average molecular weight is 309 g/mol. The van der Waals surface area contributed by atoms with Crippen molar-refractivity contribution in [3.05, 3.63) is 23.8 Å². The smallest absolute Gasteiger partial charge is 0.161 e. The second-order valence-corrected chi connectivity index (χ2v) is 6.31. The van der Waals surface area contributed by atoms with Crippen LogP contribution in [-0.4, -0.2) is 57.6 Å². The van der Waals surface area contributed by atoms with E-state index in [9.17, 15) is 0 Å². The Morgan fingerprint density at radius 2 is 1.91 bits per heavy atom. The highest BCUT2D eigenvalue weighted by Gasteiger charge is 2.33. The van der Waals surface area contributed by atoms with Crippen LogP contribution < -0.4 is 9.47 Å². The normalized spacial score (nSPS) is 21.6. The van der Waals surface area contributed by atoms with Crippen LogP contribution in [0.2, 0.25) is 0 Å². The van der Waals surface area contributed by atoms with Gasteiger partial charge in [0.1, 0.15) is 0 Å². The van der Waals surface area contributed by atoms with Crippen molar-refractivity contribution < 1.29 is 18.9 Å². The summed E-state index contributed by atoms with van der Waals surface area (Å²) in [6.07, 6.45) is 0.105. The first kappa shape index (κ1) is 17.1. The van der Waals surface area contributed by atoms with Gasteiger partial charge in [0.2, 0.25) is 0 Å². The molecule has 1 aromatic rings. The van der Waals surface area contributed by atoms with Crippen LogP contribution in [0.3, 0.4) is 0 Å². The number of rotatable bonds is 6. The van der Waals surface area contributed by atoms with Crippen molar-refractivity contribution in [2.45, 2.75) is 32.1 Å². The summed E-state index contributed by atoms with van der Waals surface area (Å²) in [6, 6.07) is 6.06. The fourth-order valence-electron chi connectivity index (χ4n) is 3.05. The Hall–Kier alpha value is -1.30. The van der Waals surface area contributed by atoms with Crippen LogP contribution in [0.25, 0.3) is 0 Å². The fourth-order valence-corrected chi connectivity index (χ4v) is 3.05. The van der Waals surface area contributed by atoms with E-state index < -0.39 is 0 Å². The highest BCUT2D eigenvalue weighted by Crippen LogP contribution is 2.29. The van der Waals surface area contributed by atoms with E-state index in [1.165, 1.54) is 5.56 Å². The molecule has 5 nitrogen and oxygen atoms in total. The van der Waals surface area contributed by atoms with E-state index in [-0.39, 0.29) is 11.7 Å². The number of hydrogen-bond acceptors (Lipinski definition) is 5. The Labute approximate surface area is 133 Å². The molecule has 124 valence electrons. The Morgan fingerprint density at radius 3 is 2.55 bits per heavy atom. The van der Waals surface area contributed by atoms with Crippen molar-refractivity contribution in [1.29, 1.82) is 0 Å². The largest absolute Gasteiger partial charge is 0.493 e. The first-order valence-corrected chi connectivity index (χ1v) is 7.57. The van der Waals surface area contributed by atoms with Crippen LogP contribution in [0.4, 0.5) is 0 Å². The summed E-state index contributed by atoms with van der Waals surface area (Å²) in [5.41, 5.74) is 1.03. The minimum Gasteiger partial charge on any atom is -0.493 e. The molecule has 1 aromatic carbocycles. The molecule has 0 N–H and O–H groups in total. The average Bonchev–Trinajstić information content (AvgIpc) is 2.45. The van der Waals surface area contributed by atoms with Gasteiger partial charge in [0.05, 0.1) is 32.5 Å². The Balaban J connectivity index is 2.08. The molecule has 22 heavy (non-hydrogen) atoms. The predicted molar refractivity (Wildman–Crippen MR) is 85.7 cm³/mol. The molecule has 5 heteroatoms. The third-order valence-electron chi connectivity index (χ3n) is 3.76. The summed E-state index contributed by atoms with van der Waals surface area (Å²) in [5, 5.41) is 0. The number of methoxy groups -OCH3 is 3. The van der Waals surface area contributed by atoms with Crippen LogP contribution >= 0.6 is 0 Å². The molecule has 1 aliphatic heterocycles. The standard InChI is InChI=1S/C17H27NO4/c1-17(2)12-18(10-14(22-17)11-19-3)9-13-6-7-15(20-4)16(8-13)21-5/h6-8,14H,9-12H2,1-5H3/t14-/m0/s1. The van der Waals surface area contributed by atoms with E-state index in [4.69, 9.17) is 18.9 Å². The molecule has 2 rings (SSSR count). The molecule has 1 saturated heterocycles. The first-order valence-electron chi connectivity index (χ1n) is 7.57. The molecule has 1 heterocycles. The SMILES string of the molecule is COC[C@@H]1CN(Cc2ccc(OC)c(OC)c2)CC(C)(C)O1. The molecule has 0 bridgehead atoms. The lowest BCUT2D eigenvalue weighted by molar-refractivity contribution is -0.154. The van der Waals surface area contributed by atoms with Gasteiger partial charge in [-0.2, -0.15) is 0 Å². The third-order valence-corrected chi connectivity index (χ3v) is 3.76. The van der Waals surface area contributed by atoms with Gasteiger partial charge in [-0.1, -0.05) is 6.07 Å². The molecule has 0 aliphatic carbocycles. The van der Waals surface area contributed by atoms with Crippen molar-refractivity contribution >= 4 is 0 Å². The van der Waals surface area contributed by atoms with Gasteiger partial charge in [0.15, 0.2) is 11.5 Å². The highest BCUT2D eigenvalue weighted by atomic mass is 16.5. The molecule has 1 atom stereocenters. The van der Waals surface area contributed by atoms with Gasteiger partial charge in [0.25, 0.3) is 0 Å². The van der Waals surface area contributed by atoms with Crippen LogP contribution in [0.5, 0.6) is 11.5 Å². The number of nitrogens with zero attached hydrogens (tertiary/aromatic N) is 1. The maximum Gasteiger partial charge on any atom is 0.161 e. The summed E-state index contributed by atoms with van der Waals surface area (Å²) in [4.78, 5) is 2.40. The fraction of sp³-hybridized carbons (Fsp3) is 0.647. The predicted octanol–water partition coefficient (Wildman–Crippen LogP) is 2.33. The maximum absolute atomic E-state index is 6.05. The van der Waals surface area contributed by atoms with Crippen molar-refractivity contribution in [3.8, 4) is 11.5 Å². The summed E-state index contributed by atoms with van der Waals surface area (Å²) in [5.74, 6) is 1.52. The van der Waals surface area contributed by atoms with E-state index in [2.05, 4.69) is 24.8 Å². The molecule has 1 aliphatic rings. The van der Waals surface area contributed by atoms with Crippen molar-refractivity contribution in [1.82, 2.24) is 4.90 Å². The van der Waals surface area contributed by atoms with Gasteiger partial charge >= 0.3 is 0 Å². The molecule has 0 saturated carbocycles. The van der Waals surface area contributed by atoms with Gasteiger partial charge in [-0.25, -0.2) is 0 Å². The van der Waals surface area contributed by atoms with Gasteiger partial charge < -0.3 is 18.9 Å². The summed E-state index contributed by atoms with van der Waals surface area (Å²) >= 11 is 0. The zero-order valence-corrected chi connectivity index (χ0v) is 14.2. The van der Waals surface area contributed by atoms with Gasteiger partial charge in [-0.15, -0.1) is 0 Å². The monoisotopic (exact) mass is 309 g/mol. The number of ether oxygens (including phenoxy) is 4. The van der Waals surface area contributed by atoms with Crippen molar-refractivity contribution in [2.24, 2.45) is 0 Å². The lowest BCUT2D eigenvalue weighted by atomic mass is 10.0. The Bertz CT molecular complexity index is 490. The molecule has 0 spiro atoms. The lowest BCUT2D eigenvalue weighted by Crippen LogP contribution is -2.53. The molecule has 1 fully saturated rings. The zero-order chi connectivity index (χ0) is 16.2. The Kier molecular flexibility index (Phi) is 5.67. The molecule has 0 aromatic heterocycles. The third kappa shape index (κ3) is 4.35. The topological polar surface area (TPSA) is 40.2 Å². The van der Waals surface area contributed by atoms with Gasteiger partial charge in [-0.3, -0.25) is 4.90 Å². The van der Waals surface area contributed by atoms with Gasteiger partial charge in [0, 0.05) is 26.7 Å². The minimum absolute atomic E-state index is 0.105. The van der Waals surface area contributed by atoms with Crippen LogP contribution in [0.15, 0.2) is 18.2 Å². The maximum atomic E-state index is 6.05. The summed E-state index contributed by atoms with van der Waals surface area (Å²) < 4.78 is 22.0. The van der Waals surface area contributed by atoms with E-state index in [1.54, 1.807) is 21.3 Å². The van der Waals surface area contributed by atoms with E-state index in [0.717, 1.165) is 31.1 Å². The quantitative estimate of drug-likeness (QED) is 0.806. The van der Waals surface area contributed by atoms with E-state index in [0.29, 0.717) is 6.61 Å². The highest BCUT2D eigenvalue weighted by molar-refractivity contribution is 5.42. The molecular weight excluding hydrogens is 282 g/mol. The zero-order valence-electron chi connectivity index (χ0n) is 14.2. The second kappa shape index (κ2) is 7.31. The Morgan fingerprint density at radius 1 is 1.18 bits per heavy atom. The minimum atomic E-state index is -0.169.